The quantitative estimate of drug-likeness (QED) is 0.358. The van der Waals surface area contributed by atoms with Gasteiger partial charge in [0.25, 0.3) is 0 Å². The Hall–Kier alpha value is -4.59. The molecule has 1 fully saturated rings. The van der Waals surface area contributed by atoms with Gasteiger partial charge in [0.2, 0.25) is 5.91 Å². The van der Waals surface area contributed by atoms with E-state index in [0.717, 1.165) is 22.6 Å². The van der Waals surface area contributed by atoms with Crippen LogP contribution in [0.3, 0.4) is 0 Å². The highest BCUT2D eigenvalue weighted by molar-refractivity contribution is 5.84. The Kier molecular flexibility index (Phi) is 6.29. The number of piperazine rings is 1. The molecule has 184 valence electrons. The molecule has 1 aliphatic heterocycles. The maximum atomic E-state index is 13.4. The van der Waals surface area contributed by atoms with Crippen molar-refractivity contribution in [2.75, 3.05) is 31.1 Å². The van der Waals surface area contributed by atoms with Gasteiger partial charge in [0.15, 0.2) is 17.0 Å². The Labute approximate surface area is 215 Å². The van der Waals surface area contributed by atoms with Crippen molar-refractivity contribution in [1.29, 1.82) is 0 Å². The van der Waals surface area contributed by atoms with Crippen LogP contribution in [0.25, 0.3) is 16.9 Å². The van der Waals surface area contributed by atoms with Crippen LogP contribution < -0.4 is 4.90 Å². The molecule has 5 aromatic rings. The highest BCUT2D eigenvalue weighted by Crippen LogP contribution is 2.29. The molecular weight excluding hydrogens is 462 g/mol. The van der Waals surface area contributed by atoms with Gasteiger partial charge in [-0.15, -0.1) is 5.10 Å². The van der Waals surface area contributed by atoms with E-state index >= 15 is 0 Å². The number of carbonyl (C=O) groups is 1. The van der Waals surface area contributed by atoms with Crippen molar-refractivity contribution in [2.24, 2.45) is 0 Å². The third-order valence-corrected chi connectivity index (χ3v) is 6.93. The summed E-state index contributed by atoms with van der Waals surface area (Å²) >= 11 is 0. The first kappa shape index (κ1) is 22.8. The number of nitrogens with zero attached hydrogens (tertiary/aromatic N) is 7. The largest absolute Gasteiger partial charge is 0.351 e. The van der Waals surface area contributed by atoms with E-state index < -0.39 is 0 Å². The van der Waals surface area contributed by atoms with Crippen LogP contribution >= 0.6 is 0 Å². The van der Waals surface area contributed by atoms with E-state index in [4.69, 9.17) is 0 Å². The van der Waals surface area contributed by atoms with E-state index in [-0.39, 0.29) is 11.8 Å². The molecule has 2 aromatic heterocycles. The topological polar surface area (TPSA) is 80.0 Å². The SMILES string of the molecule is O=C(CC(c1ccccc1)c1ccccc1)N1CCN(c2ncnc3c2nnn3-c2ccccc2)CC1. The fourth-order valence-electron chi connectivity index (χ4n) is 4.98. The van der Waals surface area contributed by atoms with Crippen LogP contribution in [0, 0.1) is 0 Å². The predicted molar refractivity (Wildman–Crippen MR) is 143 cm³/mol. The number of rotatable bonds is 6. The molecule has 0 unspecified atom stereocenters. The third-order valence-electron chi connectivity index (χ3n) is 6.93. The predicted octanol–water partition coefficient (Wildman–Crippen LogP) is 4.08. The lowest BCUT2D eigenvalue weighted by atomic mass is 9.88. The van der Waals surface area contributed by atoms with E-state index in [9.17, 15) is 4.79 Å². The number of carbonyl (C=O) groups excluding carboxylic acids is 1. The van der Waals surface area contributed by atoms with Gasteiger partial charge in [-0.2, -0.15) is 4.68 Å². The minimum Gasteiger partial charge on any atom is -0.351 e. The first-order valence-corrected chi connectivity index (χ1v) is 12.5. The van der Waals surface area contributed by atoms with E-state index in [1.807, 2.05) is 71.6 Å². The molecule has 0 saturated carbocycles. The van der Waals surface area contributed by atoms with Crippen molar-refractivity contribution in [3.05, 3.63) is 108 Å². The standard InChI is InChI=1S/C29H27N7O/c37-26(20-25(22-10-4-1-5-11-22)23-12-6-2-7-13-23)34-16-18-35(19-17-34)28-27-29(31-21-30-28)36(33-32-27)24-14-8-3-9-15-24/h1-15,21,25H,16-20H2. The number of para-hydroxylation sites is 1. The number of aromatic nitrogens is 5. The van der Waals surface area contributed by atoms with Gasteiger partial charge in [-0.3, -0.25) is 4.79 Å². The lowest BCUT2D eigenvalue weighted by Gasteiger charge is -2.36. The van der Waals surface area contributed by atoms with Gasteiger partial charge in [0.1, 0.15) is 6.33 Å². The van der Waals surface area contributed by atoms with Crippen LogP contribution in [-0.2, 0) is 4.79 Å². The fourth-order valence-corrected chi connectivity index (χ4v) is 4.98. The molecule has 0 bridgehead atoms. The van der Waals surface area contributed by atoms with Gasteiger partial charge in [0.05, 0.1) is 5.69 Å². The molecule has 3 heterocycles. The lowest BCUT2D eigenvalue weighted by molar-refractivity contribution is -0.131. The van der Waals surface area contributed by atoms with Crippen LogP contribution in [0.15, 0.2) is 97.3 Å². The van der Waals surface area contributed by atoms with Crippen molar-refractivity contribution in [3.8, 4) is 5.69 Å². The molecule has 1 amide bonds. The maximum Gasteiger partial charge on any atom is 0.223 e. The minimum atomic E-state index is 0.0300. The van der Waals surface area contributed by atoms with E-state index in [2.05, 4.69) is 49.4 Å². The Bertz CT molecular complexity index is 1440. The van der Waals surface area contributed by atoms with Gasteiger partial charge in [-0.25, -0.2) is 9.97 Å². The summed E-state index contributed by atoms with van der Waals surface area (Å²) in [6, 6.07) is 30.4. The Balaban J connectivity index is 1.17. The highest BCUT2D eigenvalue weighted by Gasteiger charge is 2.27. The van der Waals surface area contributed by atoms with Crippen molar-refractivity contribution < 1.29 is 4.79 Å². The summed E-state index contributed by atoms with van der Waals surface area (Å²) in [6.07, 6.45) is 2.00. The van der Waals surface area contributed by atoms with Crippen LogP contribution in [0.1, 0.15) is 23.5 Å². The number of fused-ring (bicyclic) bond motifs is 1. The molecule has 6 rings (SSSR count). The minimum absolute atomic E-state index is 0.0300. The average Bonchev–Trinajstić information content (AvgIpc) is 3.42. The first-order valence-electron chi connectivity index (χ1n) is 12.5. The zero-order chi connectivity index (χ0) is 25.0. The van der Waals surface area contributed by atoms with Crippen molar-refractivity contribution >= 4 is 22.9 Å². The molecule has 8 heteroatoms. The summed E-state index contributed by atoms with van der Waals surface area (Å²) in [6.45, 7) is 2.62. The smallest absolute Gasteiger partial charge is 0.223 e. The van der Waals surface area contributed by atoms with Crippen molar-refractivity contribution in [2.45, 2.75) is 12.3 Å². The molecule has 37 heavy (non-hydrogen) atoms. The van der Waals surface area contributed by atoms with Gasteiger partial charge >= 0.3 is 0 Å². The number of hydrogen-bond acceptors (Lipinski definition) is 6. The molecule has 0 spiro atoms. The van der Waals surface area contributed by atoms with Crippen molar-refractivity contribution in [1.82, 2.24) is 29.9 Å². The first-order chi connectivity index (χ1) is 18.3. The fraction of sp³-hybridized carbons (Fsp3) is 0.207. The van der Waals surface area contributed by atoms with Gasteiger partial charge in [0, 0.05) is 38.5 Å². The van der Waals surface area contributed by atoms with Gasteiger partial charge in [-0.1, -0.05) is 84.1 Å². The molecule has 0 radical (unpaired) electrons. The molecular formula is C29H27N7O. The Morgan fingerprint density at radius 3 is 1.97 bits per heavy atom. The maximum absolute atomic E-state index is 13.4. The number of benzene rings is 3. The Morgan fingerprint density at radius 1 is 0.757 bits per heavy atom. The van der Waals surface area contributed by atoms with Crippen LogP contribution in [-0.4, -0.2) is 61.9 Å². The molecule has 0 N–H and O–H groups in total. The number of hydrogen-bond donors (Lipinski definition) is 0. The molecule has 1 saturated heterocycles. The summed E-state index contributed by atoms with van der Waals surface area (Å²) in [5.41, 5.74) is 4.55. The Morgan fingerprint density at radius 2 is 1.35 bits per heavy atom. The summed E-state index contributed by atoms with van der Waals surface area (Å²) in [4.78, 5) is 26.5. The molecule has 3 aromatic carbocycles. The zero-order valence-corrected chi connectivity index (χ0v) is 20.4. The second-order valence-corrected chi connectivity index (χ2v) is 9.15. The van der Waals surface area contributed by atoms with Gasteiger partial charge < -0.3 is 9.80 Å². The number of anilines is 1. The number of amides is 1. The molecule has 8 nitrogen and oxygen atoms in total. The summed E-state index contributed by atoms with van der Waals surface area (Å²) in [5.74, 6) is 0.952. The highest BCUT2D eigenvalue weighted by atomic mass is 16.2. The van der Waals surface area contributed by atoms with Crippen molar-refractivity contribution in [3.63, 3.8) is 0 Å². The zero-order valence-electron chi connectivity index (χ0n) is 20.4. The lowest BCUT2D eigenvalue weighted by Crippen LogP contribution is -2.49. The second-order valence-electron chi connectivity index (χ2n) is 9.15. The summed E-state index contributed by atoms with van der Waals surface area (Å²) in [5, 5.41) is 8.72. The van der Waals surface area contributed by atoms with Crippen LogP contribution in [0.4, 0.5) is 5.82 Å². The van der Waals surface area contributed by atoms with E-state index in [1.165, 1.54) is 0 Å². The van der Waals surface area contributed by atoms with E-state index in [1.54, 1.807) is 11.0 Å². The second kappa shape index (κ2) is 10.2. The monoisotopic (exact) mass is 489 g/mol. The average molecular weight is 490 g/mol. The third kappa shape index (κ3) is 4.65. The van der Waals surface area contributed by atoms with Crippen LogP contribution in [0.5, 0.6) is 0 Å². The van der Waals surface area contributed by atoms with Crippen LogP contribution in [0.2, 0.25) is 0 Å². The molecule has 1 aliphatic rings. The van der Waals surface area contributed by atoms with Gasteiger partial charge in [-0.05, 0) is 23.3 Å². The molecule has 0 aliphatic carbocycles. The van der Waals surface area contributed by atoms with E-state index in [0.29, 0.717) is 43.8 Å². The normalized spacial score (nSPS) is 13.9. The summed E-state index contributed by atoms with van der Waals surface area (Å²) in [7, 11) is 0. The summed E-state index contributed by atoms with van der Waals surface area (Å²) < 4.78 is 1.73. The molecule has 0 atom stereocenters.